The Morgan fingerprint density at radius 1 is 1.19 bits per heavy atom. The minimum absolute atomic E-state index is 0.297. The van der Waals surface area contributed by atoms with Gasteiger partial charge in [-0.2, -0.15) is 0 Å². The van der Waals surface area contributed by atoms with Gasteiger partial charge in [0, 0.05) is 5.33 Å². The molecule has 2 fully saturated rings. The van der Waals surface area contributed by atoms with Crippen molar-refractivity contribution in [1.29, 1.82) is 0 Å². The van der Waals surface area contributed by atoms with Crippen molar-refractivity contribution in [3.8, 4) is 0 Å². The van der Waals surface area contributed by atoms with Crippen LogP contribution >= 0.6 is 15.9 Å². The summed E-state index contributed by atoms with van der Waals surface area (Å²) in [7, 11) is 0. The Hall–Kier alpha value is 0.440. The number of ether oxygens (including phenoxy) is 1. The Kier molecular flexibility index (Phi) is 4.01. The number of rotatable bonds is 3. The summed E-state index contributed by atoms with van der Waals surface area (Å²) in [5.41, 5.74) is 0.677. The Morgan fingerprint density at radius 3 is 2.50 bits per heavy atom. The quantitative estimate of drug-likeness (QED) is 0.685. The maximum absolute atomic E-state index is 6.41. The lowest BCUT2D eigenvalue weighted by Gasteiger charge is -2.34. The average molecular weight is 289 g/mol. The second-order valence-electron chi connectivity index (χ2n) is 6.52. The van der Waals surface area contributed by atoms with Crippen molar-refractivity contribution in [2.75, 3.05) is 5.33 Å². The first-order valence-corrected chi connectivity index (χ1v) is 7.91. The fourth-order valence-corrected chi connectivity index (χ4v) is 3.50. The molecule has 0 aromatic heterocycles. The summed E-state index contributed by atoms with van der Waals surface area (Å²) >= 11 is 3.61. The highest BCUT2D eigenvalue weighted by atomic mass is 79.9. The van der Waals surface area contributed by atoms with Crippen molar-refractivity contribution >= 4 is 15.9 Å². The average Bonchev–Trinajstić information content (AvgIpc) is 2.62. The summed E-state index contributed by atoms with van der Waals surface area (Å²) in [6, 6.07) is 0. The lowest BCUT2D eigenvalue weighted by molar-refractivity contribution is -0.0731. The highest BCUT2D eigenvalue weighted by Crippen LogP contribution is 2.44. The van der Waals surface area contributed by atoms with Crippen LogP contribution in [0.15, 0.2) is 0 Å². The van der Waals surface area contributed by atoms with E-state index in [1.807, 2.05) is 0 Å². The van der Waals surface area contributed by atoms with Gasteiger partial charge < -0.3 is 4.74 Å². The molecule has 16 heavy (non-hydrogen) atoms. The van der Waals surface area contributed by atoms with E-state index >= 15 is 0 Å². The Morgan fingerprint density at radius 2 is 1.88 bits per heavy atom. The number of alkyl halides is 1. The molecule has 0 radical (unpaired) electrons. The van der Waals surface area contributed by atoms with Crippen LogP contribution in [0.5, 0.6) is 0 Å². The van der Waals surface area contributed by atoms with Crippen LogP contribution in [0.25, 0.3) is 0 Å². The smallest absolute Gasteiger partial charge is 0.0687 e. The summed E-state index contributed by atoms with van der Waals surface area (Å²) in [4.78, 5) is 0. The monoisotopic (exact) mass is 288 g/mol. The van der Waals surface area contributed by atoms with E-state index in [-0.39, 0.29) is 0 Å². The van der Waals surface area contributed by atoms with Gasteiger partial charge in [-0.1, -0.05) is 49.0 Å². The van der Waals surface area contributed by atoms with Crippen LogP contribution in [0.1, 0.15) is 65.2 Å². The van der Waals surface area contributed by atoms with E-state index in [1.54, 1.807) is 0 Å². The van der Waals surface area contributed by atoms with E-state index in [1.165, 1.54) is 51.4 Å². The Balaban J connectivity index is 1.87. The third-order valence-electron chi connectivity index (χ3n) is 4.25. The van der Waals surface area contributed by atoms with Crippen molar-refractivity contribution in [2.24, 2.45) is 5.41 Å². The molecular formula is C14H25BrO. The van der Waals surface area contributed by atoms with Crippen LogP contribution in [0.2, 0.25) is 0 Å². The molecule has 2 rings (SSSR count). The van der Waals surface area contributed by atoms with Gasteiger partial charge in [-0.25, -0.2) is 0 Å². The molecule has 1 nitrogen and oxygen atoms in total. The molecule has 2 aliphatic rings. The molecule has 1 aliphatic carbocycles. The molecule has 1 saturated carbocycles. The molecule has 0 N–H and O–H groups in total. The molecule has 0 aromatic carbocycles. The standard InChI is InChI=1S/C14H25BrO/c1-13(2,11-15)10-12-6-9-14(16-12)7-4-3-5-8-14/h12H,3-11H2,1-2H3. The van der Waals surface area contributed by atoms with E-state index in [4.69, 9.17) is 4.74 Å². The highest BCUT2D eigenvalue weighted by Gasteiger charge is 2.41. The van der Waals surface area contributed by atoms with Crippen LogP contribution in [0.4, 0.5) is 0 Å². The van der Waals surface area contributed by atoms with Gasteiger partial charge >= 0.3 is 0 Å². The van der Waals surface area contributed by atoms with Gasteiger partial charge in [0.15, 0.2) is 0 Å². The van der Waals surface area contributed by atoms with E-state index in [9.17, 15) is 0 Å². The summed E-state index contributed by atoms with van der Waals surface area (Å²) < 4.78 is 6.41. The molecule has 1 saturated heterocycles. The molecule has 0 amide bonds. The zero-order chi connectivity index (χ0) is 11.6. The van der Waals surface area contributed by atoms with Crippen molar-refractivity contribution < 1.29 is 4.74 Å². The number of halogens is 1. The molecule has 0 bridgehead atoms. The van der Waals surface area contributed by atoms with Crippen LogP contribution in [-0.2, 0) is 4.74 Å². The van der Waals surface area contributed by atoms with Crippen molar-refractivity contribution in [2.45, 2.75) is 76.9 Å². The number of hydrogen-bond acceptors (Lipinski definition) is 1. The van der Waals surface area contributed by atoms with Gasteiger partial charge in [-0.15, -0.1) is 0 Å². The molecule has 94 valence electrons. The Labute approximate surface area is 108 Å². The fraction of sp³-hybridized carbons (Fsp3) is 1.00. The summed E-state index contributed by atoms with van der Waals surface area (Å²) in [6.07, 6.45) is 11.2. The zero-order valence-corrected chi connectivity index (χ0v) is 12.3. The third kappa shape index (κ3) is 3.01. The van der Waals surface area contributed by atoms with Crippen LogP contribution in [-0.4, -0.2) is 17.0 Å². The lowest BCUT2D eigenvalue weighted by Crippen LogP contribution is -2.32. The summed E-state index contributed by atoms with van der Waals surface area (Å²) in [6.45, 7) is 4.66. The second kappa shape index (κ2) is 4.97. The third-order valence-corrected chi connectivity index (χ3v) is 5.76. The molecular weight excluding hydrogens is 264 g/mol. The minimum atomic E-state index is 0.297. The van der Waals surface area contributed by atoms with Gasteiger partial charge in [-0.3, -0.25) is 0 Å². The van der Waals surface area contributed by atoms with Crippen molar-refractivity contribution in [3.05, 3.63) is 0 Å². The number of hydrogen-bond donors (Lipinski definition) is 0. The van der Waals surface area contributed by atoms with E-state index in [2.05, 4.69) is 29.8 Å². The highest BCUT2D eigenvalue weighted by molar-refractivity contribution is 9.09. The van der Waals surface area contributed by atoms with Gasteiger partial charge in [0.05, 0.1) is 11.7 Å². The van der Waals surface area contributed by atoms with Gasteiger partial charge in [-0.05, 0) is 37.5 Å². The first-order valence-electron chi connectivity index (χ1n) is 6.79. The zero-order valence-electron chi connectivity index (χ0n) is 10.7. The lowest BCUT2D eigenvalue weighted by atomic mass is 9.82. The molecule has 1 aliphatic heterocycles. The molecule has 1 atom stereocenters. The van der Waals surface area contributed by atoms with Gasteiger partial charge in [0.2, 0.25) is 0 Å². The SMILES string of the molecule is CC(C)(CBr)CC1CCC2(CCCCC2)O1. The second-order valence-corrected chi connectivity index (χ2v) is 7.08. The molecule has 1 unspecified atom stereocenters. The van der Waals surface area contributed by atoms with Crippen LogP contribution in [0.3, 0.4) is 0 Å². The molecule has 2 heteroatoms. The summed E-state index contributed by atoms with van der Waals surface area (Å²) in [5.74, 6) is 0. The van der Waals surface area contributed by atoms with E-state index in [0.29, 0.717) is 17.1 Å². The van der Waals surface area contributed by atoms with Crippen LogP contribution < -0.4 is 0 Å². The normalized spacial score (nSPS) is 29.8. The van der Waals surface area contributed by atoms with Crippen molar-refractivity contribution in [1.82, 2.24) is 0 Å². The maximum atomic E-state index is 6.41. The largest absolute Gasteiger partial charge is 0.372 e. The predicted octanol–water partition coefficient (Wildman–Crippen LogP) is 4.68. The first-order chi connectivity index (χ1) is 7.55. The van der Waals surface area contributed by atoms with Crippen LogP contribution in [0, 0.1) is 5.41 Å². The Bertz CT molecular complexity index is 231. The fourth-order valence-electron chi connectivity index (χ4n) is 3.27. The van der Waals surface area contributed by atoms with Gasteiger partial charge in [0.1, 0.15) is 0 Å². The molecule has 1 spiro atoms. The van der Waals surface area contributed by atoms with Crippen molar-refractivity contribution in [3.63, 3.8) is 0 Å². The minimum Gasteiger partial charge on any atom is -0.372 e. The molecule has 0 aromatic rings. The summed E-state index contributed by atoms with van der Waals surface area (Å²) in [5, 5.41) is 1.08. The first kappa shape index (κ1) is 12.9. The maximum Gasteiger partial charge on any atom is 0.0687 e. The predicted molar refractivity (Wildman–Crippen MR) is 72.1 cm³/mol. The molecule has 1 heterocycles. The van der Waals surface area contributed by atoms with Gasteiger partial charge in [0.25, 0.3) is 0 Å². The van der Waals surface area contributed by atoms with E-state index in [0.717, 1.165) is 5.33 Å². The van der Waals surface area contributed by atoms with E-state index < -0.39 is 0 Å². The topological polar surface area (TPSA) is 9.23 Å².